The van der Waals surface area contributed by atoms with E-state index in [-0.39, 0.29) is 11.9 Å². The average Bonchev–Trinajstić information content (AvgIpc) is 2.94. The monoisotopic (exact) mass is 334 g/mol. The van der Waals surface area contributed by atoms with Crippen LogP contribution < -0.4 is 5.32 Å². The number of aromatic nitrogens is 2. The van der Waals surface area contributed by atoms with Gasteiger partial charge in [0.05, 0.1) is 19.3 Å². The number of nitrogens with one attached hydrogen (secondary N) is 1. The molecular formula is C16H19FN4OS. The summed E-state index contributed by atoms with van der Waals surface area (Å²) in [6, 6.07) is 6.85. The van der Waals surface area contributed by atoms with Gasteiger partial charge in [-0.1, -0.05) is 29.5 Å². The number of nitrogens with zero attached hydrogens (tertiary/aromatic N) is 3. The van der Waals surface area contributed by atoms with Gasteiger partial charge in [-0.2, -0.15) is 0 Å². The molecule has 4 rings (SSSR count). The summed E-state index contributed by atoms with van der Waals surface area (Å²) < 4.78 is 19.7. The molecule has 1 aromatic carbocycles. The maximum absolute atomic E-state index is 13.9. The minimum Gasteiger partial charge on any atom is -0.371 e. The van der Waals surface area contributed by atoms with Crippen molar-refractivity contribution in [3.63, 3.8) is 0 Å². The number of rotatable bonds is 4. The van der Waals surface area contributed by atoms with E-state index in [2.05, 4.69) is 20.4 Å². The van der Waals surface area contributed by atoms with Gasteiger partial charge in [-0.3, -0.25) is 4.90 Å². The van der Waals surface area contributed by atoms with Gasteiger partial charge in [-0.15, -0.1) is 10.2 Å². The normalized spacial score (nSPS) is 22.9. The molecule has 2 saturated heterocycles. The molecule has 2 aliphatic rings. The molecular weight excluding hydrogens is 315 g/mol. The van der Waals surface area contributed by atoms with E-state index in [0.29, 0.717) is 24.6 Å². The zero-order valence-electron chi connectivity index (χ0n) is 12.7. The topological polar surface area (TPSA) is 50.3 Å². The molecule has 2 aliphatic heterocycles. The highest BCUT2D eigenvalue weighted by atomic mass is 32.1. The first-order valence-electron chi connectivity index (χ1n) is 7.91. The van der Waals surface area contributed by atoms with Crippen molar-refractivity contribution in [2.75, 3.05) is 32.8 Å². The predicted octanol–water partition coefficient (Wildman–Crippen LogP) is 1.94. The zero-order valence-corrected chi connectivity index (χ0v) is 13.6. The second-order valence-electron chi connectivity index (χ2n) is 6.01. The molecule has 0 saturated carbocycles. The second kappa shape index (κ2) is 6.60. The van der Waals surface area contributed by atoms with E-state index in [1.165, 1.54) is 6.07 Å². The van der Waals surface area contributed by atoms with Crippen LogP contribution in [0.5, 0.6) is 0 Å². The molecule has 2 aromatic rings. The van der Waals surface area contributed by atoms with Crippen molar-refractivity contribution in [1.82, 2.24) is 20.4 Å². The van der Waals surface area contributed by atoms with E-state index in [1.54, 1.807) is 23.5 Å². The fourth-order valence-corrected chi connectivity index (χ4v) is 3.91. The lowest BCUT2D eigenvalue weighted by molar-refractivity contribution is -0.0345. The molecule has 0 bridgehead atoms. The third-order valence-corrected chi connectivity index (χ3v) is 5.45. The summed E-state index contributed by atoms with van der Waals surface area (Å²) in [7, 11) is 0. The molecule has 2 fully saturated rings. The molecule has 1 unspecified atom stereocenters. The van der Waals surface area contributed by atoms with Gasteiger partial charge in [0.25, 0.3) is 0 Å². The van der Waals surface area contributed by atoms with Crippen LogP contribution in [0.1, 0.15) is 27.6 Å². The summed E-state index contributed by atoms with van der Waals surface area (Å²) >= 11 is 1.69. The lowest BCUT2D eigenvalue weighted by Crippen LogP contribution is -2.39. The Hall–Kier alpha value is -1.41. The van der Waals surface area contributed by atoms with Crippen LogP contribution in [0, 0.1) is 5.82 Å². The van der Waals surface area contributed by atoms with E-state index in [0.717, 1.165) is 36.2 Å². The SMILES string of the molecule is Fc1ccccc1C1CN(Cc2nnc(C3CNC3)s2)CCO1. The predicted molar refractivity (Wildman–Crippen MR) is 85.9 cm³/mol. The summed E-state index contributed by atoms with van der Waals surface area (Å²) in [6.45, 7) is 4.89. The van der Waals surface area contributed by atoms with Crippen LogP contribution >= 0.6 is 11.3 Å². The van der Waals surface area contributed by atoms with Crippen molar-refractivity contribution >= 4 is 11.3 Å². The van der Waals surface area contributed by atoms with Gasteiger partial charge in [-0.25, -0.2) is 4.39 Å². The maximum atomic E-state index is 13.9. The van der Waals surface area contributed by atoms with Crippen LogP contribution in [0.3, 0.4) is 0 Å². The van der Waals surface area contributed by atoms with Gasteiger partial charge >= 0.3 is 0 Å². The third-order valence-electron chi connectivity index (χ3n) is 4.37. The van der Waals surface area contributed by atoms with Crippen LogP contribution in [0.25, 0.3) is 0 Å². The van der Waals surface area contributed by atoms with Gasteiger partial charge in [0.2, 0.25) is 0 Å². The minimum atomic E-state index is -0.215. The van der Waals surface area contributed by atoms with Gasteiger partial charge in [0.15, 0.2) is 0 Å². The number of hydrogen-bond donors (Lipinski definition) is 1. The molecule has 5 nitrogen and oxygen atoms in total. The van der Waals surface area contributed by atoms with Crippen LogP contribution in [-0.4, -0.2) is 47.9 Å². The summed E-state index contributed by atoms with van der Waals surface area (Å²) in [5, 5.41) is 14.0. The van der Waals surface area contributed by atoms with Crippen LogP contribution in [0.2, 0.25) is 0 Å². The van der Waals surface area contributed by atoms with Crippen molar-refractivity contribution in [3.05, 3.63) is 45.7 Å². The first-order chi connectivity index (χ1) is 11.3. The van der Waals surface area contributed by atoms with Crippen LogP contribution in [0.4, 0.5) is 4.39 Å². The summed E-state index contributed by atoms with van der Waals surface area (Å²) in [5.74, 6) is 0.326. The van der Waals surface area contributed by atoms with E-state index in [1.807, 2.05) is 6.07 Å². The quantitative estimate of drug-likeness (QED) is 0.926. The molecule has 0 aliphatic carbocycles. The Morgan fingerprint density at radius 2 is 2.17 bits per heavy atom. The average molecular weight is 334 g/mol. The molecule has 122 valence electrons. The van der Waals surface area contributed by atoms with Crippen molar-refractivity contribution in [3.8, 4) is 0 Å². The molecule has 0 radical (unpaired) electrons. The van der Waals surface area contributed by atoms with E-state index < -0.39 is 0 Å². The number of halogens is 1. The molecule has 23 heavy (non-hydrogen) atoms. The van der Waals surface area contributed by atoms with Crippen molar-refractivity contribution in [2.45, 2.75) is 18.6 Å². The first-order valence-corrected chi connectivity index (χ1v) is 8.72. The number of morpholine rings is 1. The van der Waals surface area contributed by atoms with E-state index in [9.17, 15) is 4.39 Å². The smallest absolute Gasteiger partial charge is 0.131 e. The highest BCUT2D eigenvalue weighted by Crippen LogP contribution is 2.27. The van der Waals surface area contributed by atoms with Crippen LogP contribution in [-0.2, 0) is 11.3 Å². The Balaban J connectivity index is 1.41. The number of benzene rings is 1. The molecule has 1 aromatic heterocycles. The van der Waals surface area contributed by atoms with E-state index >= 15 is 0 Å². The summed E-state index contributed by atoms with van der Waals surface area (Å²) in [5.41, 5.74) is 0.635. The first kappa shape index (κ1) is 15.1. The number of hydrogen-bond acceptors (Lipinski definition) is 6. The molecule has 7 heteroatoms. The summed E-state index contributed by atoms with van der Waals surface area (Å²) in [6.07, 6.45) is -0.215. The minimum absolute atomic E-state index is 0.199. The van der Waals surface area contributed by atoms with Crippen LogP contribution in [0.15, 0.2) is 24.3 Å². The Morgan fingerprint density at radius 3 is 2.96 bits per heavy atom. The molecule has 3 heterocycles. The number of ether oxygens (including phenoxy) is 1. The third kappa shape index (κ3) is 3.28. The lowest BCUT2D eigenvalue weighted by atomic mass is 10.1. The van der Waals surface area contributed by atoms with Gasteiger partial charge in [-0.05, 0) is 6.07 Å². The Morgan fingerprint density at radius 1 is 1.30 bits per heavy atom. The highest BCUT2D eigenvalue weighted by molar-refractivity contribution is 7.11. The van der Waals surface area contributed by atoms with Gasteiger partial charge in [0.1, 0.15) is 15.8 Å². The van der Waals surface area contributed by atoms with Gasteiger partial charge in [0, 0.05) is 37.7 Å². The summed E-state index contributed by atoms with van der Waals surface area (Å²) in [4.78, 5) is 2.27. The zero-order chi connectivity index (χ0) is 15.6. The Bertz CT molecular complexity index is 676. The van der Waals surface area contributed by atoms with E-state index in [4.69, 9.17) is 4.74 Å². The Kier molecular flexibility index (Phi) is 4.35. The van der Waals surface area contributed by atoms with Crippen molar-refractivity contribution in [2.24, 2.45) is 0 Å². The van der Waals surface area contributed by atoms with Crippen molar-refractivity contribution < 1.29 is 9.13 Å². The largest absolute Gasteiger partial charge is 0.371 e. The molecule has 1 N–H and O–H groups in total. The maximum Gasteiger partial charge on any atom is 0.131 e. The standard InChI is InChI=1S/C16H19FN4OS/c17-13-4-2-1-3-12(13)14-9-21(5-6-22-14)10-15-19-20-16(23-15)11-7-18-8-11/h1-4,11,14,18H,5-10H2. The fraction of sp³-hybridized carbons (Fsp3) is 0.500. The highest BCUT2D eigenvalue weighted by Gasteiger charge is 2.26. The van der Waals surface area contributed by atoms with Crippen molar-refractivity contribution in [1.29, 1.82) is 0 Å². The Labute approximate surface area is 138 Å². The molecule has 1 atom stereocenters. The second-order valence-corrected chi connectivity index (χ2v) is 7.10. The molecule has 0 amide bonds. The fourth-order valence-electron chi connectivity index (χ4n) is 2.92. The van der Waals surface area contributed by atoms with Gasteiger partial charge < -0.3 is 10.1 Å². The molecule has 0 spiro atoms. The lowest BCUT2D eigenvalue weighted by Gasteiger charge is -2.32.